The Morgan fingerprint density at radius 3 is 1.23 bits per heavy atom. The van der Waals surface area contributed by atoms with E-state index < -0.39 is 0 Å². The Balaban J connectivity index is -0.0000000333. The van der Waals surface area contributed by atoms with Gasteiger partial charge in [0.1, 0.15) is 0 Å². The van der Waals surface area contributed by atoms with Crippen LogP contribution < -0.4 is 0 Å². The van der Waals surface area contributed by atoms with E-state index in [9.17, 15) is 0 Å². The minimum atomic E-state index is 0. The van der Waals surface area contributed by atoms with Gasteiger partial charge in [0.25, 0.3) is 0 Å². The second-order valence-corrected chi connectivity index (χ2v) is 1.92. The van der Waals surface area contributed by atoms with Crippen molar-refractivity contribution in [2.45, 2.75) is 0 Å². The summed E-state index contributed by atoms with van der Waals surface area (Å²) in [6.45, 7) is 0. The second-order valence-electron chi connectivity index (χ2n) is 1.92. The van der Waals surface area contributed by atoms with E-state index in [2.05, 4.69) is 0 Å². The Labute approximate surface area is 109 Å². The molecule has 0 heterocycles. The first-order valence-electron chi connectivity index (χ1n) is 3.33. The largest absolute Gasteiger partial charge is 2.00 e. The van der Waals surface area contributed by atoms with Crippen molar-refractivity contribution >= 4 is 23.1 Å². The fourth-order valence-electron chi connectivity index (χ4n) is 0.642. The molecule has 0 aromatic heterocycles. The van der Waals surface area contributed by atoms with E-state index in [0.717, 1.165) is 0 Å². The molecule has 2 aromatic rings. The van der Waals surface area contributed by atoms with Gasteiger partial charge in [0.2, 0.25) is 0 Å². The summed E-state index contributed by atoms with van der Waals surface area (Å²) in [5.41, 5.74) is 0. The third kappa shape index (κ3) is 11.9. The van der Waals surface area contributed by atoms with Crippen molar-refractivity contribution in [1.82, 2.24) is 0 Å². The van der Waals surface area contributed by atoms with Crippen molar-refractivity contribution in [2.75, 3.05) is 0 Å². The molecule has 0 radical (unpaired) electrons. The molecule has 0 bridgehead atoms. The quantitative estimate of drug-likeness (QED) is 0.488. The molecule has 2 aromatic carbocycles. The topological polar surface area (TPSA) is 31.5 Å². The van der Waals surface area contributed by atoms with Crippen molar-refractivity contribution in [3.8, 4) is 0 Å². The zero-order valence-electron chi connectivity index (χ0n) is 9.33. The van der Waals surface area contributed by atoms with Gasteiger partial charge >= 0.3 is 23.1 Å². The van der Waals surface area contributed by atoms with Crippen molar-refractivity contribution in [3.63, 3.8) is 0 Å². The van der Waals surface area contributed by atoms with Crippen LogP contribution in [0, 0.1) is 0 Å². The molecule has 0 aliphatic rings. The Morgan fingerprint density at radius 2 is 1.08 bits per heavy atom. The predicted molar refractivity (Wildman–Crippen MR) is 55.7 cm³/mol. The summed E-state index contributed by atoms with van der Waals surface area (Å²) >= 11 is 0. The van der Waals surface area contributed by atoms with Crippen LogP contribution in [0.3, 0.4) is 0 Å². The molecular formula is C10H14FeMgO-6. The van der Waals surface area contributed by atoms with E-state index in [1.807, 2.05) is 60.7 Å². The van der Waals surface area contributed by atoms with Gasteiger partial charge in [-0.1, -0.05) is 0 Å². The van der Waals surface area contributed by atoms with Gasteiger partial charge in [-0.05, 0) is 0 Å². The number of rotatable bonds is 0. The van der Waals surface area contributed by atoms with Gasteiger partial charge in [0.15, 0.2) is 0 Å². The average molecular weight is 230 g/mol. The fraction of sp³-hybridized carbons (Fsp3) is 0. The van der Waals surface area contributed by atoms with Crippen LogP contribution in [0.4, 0.5) is 0 Å². The smallest absolute Gasteiger partial charge is 1.00 e. The van der Waals surface area contributed by atoms with E-state index >= 15 is 0 Å². The normalized spacial score (nSPS) is 6.15. The van der Waals surface area contributed by atoms with Gasteiger partial charge in [-0.2, -0.15) is 18.2 Å². The predicted octanol–water partition coefficient (Wildman–Crippen LogP) is 1.83. The fourth-order valence-corrected chi connectivity index (χ4v) is 0.642. The molecule has 0 saturated heterocycles. The Morgan fingerprint density at radius 1 is 0.769 bits per heavy atom. The third-order valence-corrected chi connectivity index (χ3v) is 1.11. The molecule has 0 spiro atoms. The van der Waals surface area contributed by atoms with Gasteiger partial charge < -0.3 is 38.7 Å². The van der Waals surface area contributed by atoms with Crippen LogP contribution in [0.25, 0.3) is 0 Å². The molecule has 13 heavy (non-hydrogen) atoms. The molecule has 0 unspecified atom stereocenters. The summed E-state index contributed by atoms with van der Waals surface area (Å²) in [4.78, 5) is 0. The minimum absolute atomic E-state index is 0. The molecule has 0 saturated carbocycles. The molecule has 0 atom stereocenters. The molecule has 2 N–H and O–H groups in total. The maximum absolute atomic E-state index is 2.00. The van der Waals surface area contributed by atoms with Crippen molar-refractivity contribution in [1.29, 1.82) is 0 Å². The molecule has 0 amide bonds. The van der Waals surface area contributed by atoms with Crippen LogP contribution in [0.15, 0.2) is 60.7 Å². The Hall–Kier alpha value is -0.0543. The first-order valence-corrected chi connectivity index (χ1v) is 3.33. The van der Waals surface area contributed by atoms with Crippen LogP contribution >= 0.6 is 0 Å². The van der Waals surface area contributed by atoms with Crippen molar-refractivity contribution in [2.24, 2.45) is 0 Å². The zero-order chi connectivity index (χ0) is 7.07. The van der Waals surface area contributed by atoms with E-state index in [1.54, 1.807) is 0 Å². The van der Waals surface area contributed by atoms with Gasteiger partial charge in [0, 0.05) is 17.1 Å². The minimum Gasteiger partial charge on any atom is -1.00 e. The van der Waals surface area contributed by atoms with Gasteiger partial charge in [-0.3, -0.25) is 0 Å². The van der Waals surface area contributed by atoms with Gasteiger partial charge in [0.05, 0.1) is 0 Å². The molecule has 0 aliphatic carbocycles. The SMILES string of the molecule is O.[Fe].[H-].[H-].[Mg+2].[cH-]1[cH-][cH-][cH-][cH-]1.c1cc[cH-]c1. The van der Waals surface area contributed by atoms with E-state index in [1.165, 1.54) is 0 Å². The molecule has 1 nitrogen and oxygen atoms in total. The maximum Gasteiger partial charge on any atom is 2.00 e. The van der Waals surface area contributed by atoms with E-state index in [0.29, 0.717) is 0 Å². The second kappa shape index (κ2) is 14.5. The number of hydrogen-bond acceptors (Lipinski definition) is 0. The number of hydrogen-bond donors (Lipinski definition) is 0. The molecule has 76 valence electrons. The van der Waals surface area contributed by atoms with E-state index in [-0.39, 0.29) is 48.5 Å². The molecular weight excluding hydrogens is 216 g/mol. The van der Waals surface area contributed by atoms with Crippen molar-refractivity contribution in [3.05, 3.63) is 60.7 Å². The summed E-state index contributed by atoms with van der Waals surface area (Å²) < 4.78 is 0. The average Bonchev–Trinajstić information content (AvgIpc) is 2.67. The third-order valence-electron chi connectivity index (χ3n) is 1.11. The Kier molecular flexibility index (Phi) is 20.8. The Bertz CT molecular complexity index is 163. The monoisotopic (exact) mass is 230 g/mol. The van der Waals surface area contributed by atoms with Gasteiger partial charge in [-0.15, -0.1) is 0 Å². The first kappa shape index (κ1) is 18.7. The maximum atomic E-state index is 2.00. The van der Waals surface area contributed by atoms with Crippen LogP contribution in [-0.4, -0.2) is 28.5 Å². The summed E-state index contributed by atoms with van der Waals surface area (Å²) in [6.07, 6.45) is 0. The summed E-state index contributed by atoms with van der Waals surface area (Å²) in [6, 6.07) is 20.0. The van der Waals surface area contributed by atoms with Crippen LogP contribution in [0.1, 0.15) is 2.85 Å². The van der Waals surface area contributed by atoms with Crippen LogP contribution in [0.5, 0.6) is 0 Å². The summed E-state index contributed by atoms with van der Waals surface area (Å²) in [7, 11) is 0. The standard InChI is InChI=1S/2C5H5.Fe.Mg.H2O.2H/c2*1-2-4-5-3-1;;;;;/h2*1-5H;;;1H2;;/q-5;-1;;+2;;2*-1. The van der Waals surface area contributed by atoms with Crippen LogP contribution in [0.2, 0.25) is 0 Å². The first-order chi connectivity index (χ1) is 5.00. The van der Waals surface area contributed by atoms with E-state index in [4.69, 9.17) is 0 Å². The molecule has 2 rings (SSSR count). The molecule has 0 fully saturated rings. The van der Waals surface area contributed by atoms with Gasteiger partial charge in [-0.25, -0.2) is 12.1 Å². The zero-order valence-corrected chi connectivity index (χ0v) is 9.85. The summed E-state index contributed by atoms with van der Waals surface area (Å²) in [5, 5.41) is 0. The molecule has 3 heteroatoms. The molecule has 0 aliphatic heterocycles. The summed E-state index contributed by atoms with van der Waals surface area (Å²) in [5.74, 6) is 0. The van der Waals surface area contributed by atoms with Crippen LogP contribution in [-0.2, 0) is 17.1 Å². The van der Waals surface area contributed by atoms with Crippen molar-refractivity contribution < 1.29 is 25.4 Å².